The van der Waals surface area contributed by atoms with Gasteiger partial charge in [0.1, 0.15) is 5.00 Å². The standard InChI is InChI=1S/C13H21N3O3S/c1-4-16(5-2)10(17)7-8-14-12-11(15-9-20-12)13(18)19-6-3/h9,14H,4-8H2,1-3H3. The Morgan fingerprint density at radius 2 is 2.05 bits per heavy atom. The van der Waals surface area contributed by atoms with E-state index < -0.39 is 5.97 Å². The lowest BCUT2D eigenvalue weighted by molar-refractivity contribution is -0.130. The zero-order chi connectivity index (χ0) is 15.0. The predicted molar refractivity (Wildman–Crippen MR) is 79.1 cm³/mol. The molecule has 0 radical (unpaired) electrons. The van der Waals surface area contributed by atoms with Gasteiger partial charge in [0.05, 0.1) is 12.1 Å². The van der Waals surface area contributed by atoms with Gasteiger partial charge < -0.3 is 15.0 Å². The molecule has 1 rings (SSSR count). The van der Waals surface area contributed by atoms with Crippen molar-refractivity contribution in [3.63, 3.8) is 0 Å². The summed E-state index contributed by atoms with van der Waals surface area (Å²) in [4.78, 5) is 29.2. The highest BCUT2D eigenvalue weighted by atomic mass is 32.1. The Morgan fingerprint density at radius 1 is 1.35 bits per heavy atom. The van der Waals surface area contributed by atoms with Crippen molar-refractivity contribution < 1.29 is 14.3 Å². The monoisotopic (exact) mass is 299 g/mol. The second-order valence-electron chi connectivity index (χ2n) is 3.99. The molecular weight excluding hydrogens is 278 g/mol. The summed E-state index contributed by atoms with van der Waals surface area (Å²) in [5.41, 5.74) is 1.87. The Bertz CT molecular complexity index is 444. The van der Waals surface area contributed by atoms with Crippen LogP contribution in [-0.4, -0.2) is 48.0 Å². The summed E-state index contributed by atoms with van der Waals surface area (Å²) in [7, 11) is 0. The average molecular weight is 299 g/mol. The van der Waals surface area contributed by atoms with Gasteiger partial charge >= 0.3 is 5.97 Å². The van der Waals surface area contributed by atoms with Crippen LogP contribution in [0.5, 0.6) is 0 Å². The van der Waals surface area contributed by atoms with Crippen molar-refractivity contribution >= 4 is 28.2 Å². The summed E-state index contributed by atoms with van der Waals surface area (Å²) in [6.07, 6.45) is 0.391. The molecule has 0 aromatic carbocycles. The smallest absolute Gasteiger partial charge is 0.360 e. The number of hydrogen-bond acceptors (Lipinski definition) is 6. The minimum absolute atomic E-state index is 0.102. The maximum Gasteiger partial charge on any atom is 0.360 e. The van der Waals surface area contributed by atoms with Gasteiger partial charge in [-0.1, -0.05) is 0 Å². The van der Waals surface area contributed by atoms with Crippen LogP contribution in [0.2, 0.25) is 0 Å². The van der Waals surface area contributed by atoms with Gasteiger partial charge in [0.2, 0.25) is 5.91 Å². The zero-order valence-electron chi connectivity index (χ0n) is 12.1. The van der Waals surface area contributed by atoms with Gasteiger partial charge in [0, 0.05) is 26.1 Å². The third-order valence-electron chi connectivity index (χ3n) is 2.78. The van der Waals surface area contributed by atoms with Crippen LogP contribution < -0.4 is 5.32 Å². The van der Waals surface area contributed by atoms with E-state index in [1.54, 1.807) is 17.3 Å². The first kappa shape index (κ1) is 16.4. The molecule has 0 saturated carbocycles. The highest BCUT2D eigenvalue weighted by molar-refractivity contribution is 7.14. The number of carbonyl (C=O) groups excluding carboxylic acids is 2. The van der Waals surface area contributed by atoms with Crippen LogP contribution in [0.4, 0.5) is 5.00 Å². The largest absolute Gasteiger partial charge is 0.461 e. The van der Waals surface area contributed by atoms with Crippen LogP contribution in [0.3, 0.4) is 0 Å². The molecule has 1 aromatic heterocycles. The van der Waals surface area contributed by atoms with Gasteiger partial charge in [-0.3, -0.25) is 4.79 Å². The van der Waals surface area contributed by atoms with Crippen molar-refractivity contribution in [1.82, 2.24) is 9.88 Å². The summed E-state index contributed by atoms with van der Waals surface area (Å²) < 4.78 is 4.92. The number of nitrogens with one attached hydrogen (secondary N) is 1. The fourth-order valence-electron chi connectivity index (χ4n) is 1.73. The molecule has 0 bridgehead atoms. The van der Waals surface area contributed by atoms with Crippen LogP contribution in [-0.2, 0) is 9.53 Å². The number of hydrogen-bond donors (Lipinski definition) is 1. The molecule has 112 valence electrons. The predicted octanol–water partition coefficient (Wildman–Crippen LogP) is 1.99. The Hall–Kier alpha value is -1.63. The van der Waals surface area contributed by atoms with E-state index in [2.05, 4.69) is 10.3 Å². The van der Waals surface area contributed by atoms with E-state index in [4.69, 9.17) is 4.74 Å². The maximum atomic E-state index is 11.8. The fraction of sp³-hybridized carbons (Fsp3) is 0.615. The van der Waals surface area contributed by atoms with E-state index in [9.17, 15) is 9.59 Å². The molecule has 0 atom stereocenters. The van der Waals surface area contributed by atoms with Gasteiger partial charge in [-0.05, 0) is 20.8 Å². The van der Waals surface area contributed by atoms with E-state index in [0.717, 1.165) is 0 Å². The number of esters is 1. The van der Waals surface area contributed by atoms with Gasteiger partial charge in [0.25, 0.3) is 0 Å². The van der Waals surface area contributed by atoms with Gasteiger partial charge in [-0.25, -0.2) is 9.78 Å². The Labute approximate surface area is 123 Å². The first-order valence-corrected chi connectivity index (χ1v) is 7.64. The number of aromatic nitrogens is 1. The van der Waals surface area contributed by atoms with Crippen molar-refractivity contribution in [3.05, 3.63) is 11.2 Å². The molecule has 1 N–H and O–H groups in total. The van der Waals surface area contributed by atoms with E-state index >= 15 is 0 Å². The summed E-state index contributed by atoms with van der Waals surface area (Å²) in [5, 5.41) is 3.72. The topological polar surface area (TPSA) is 71.5 Å². The minimum Gasteiger partial charge on any atom is -0.461 e. The first-order valence-electron chi connectivity index (χ1n) is 6.76. The van der Waals surface area contributed by atoms with Crippen LogP contribution in [0.1, 0.15) is 37.7 Å². The van der Waals surface area contributed by atoms with Gasteiger partial charge in [-0.2, -0.15) is 0 Å². The number of anilines is 1. The van der Waals surface area contributed by atoms with Crippen molar-refractivity contribution in [1.29, 1.82) is 0 Å². The maximum absolute atomic E-state index is 11.8. The molecule has 0 fully saturated rings. The van der Waals surface area contributed by atoms with Crippen molar-refractivity contribution in [3.8, 4) is 0 Å². The van der Waals surface area contributed by atoms with E-state index in [1.165, 1.54) is 11.3 Å². The van der Waals surface area contributed by atoms with Crippen LogP contribution in [0.15, 0.2) is 5.51 Å². The number of ether oxygens (including phenoxy) is 1. The first-order chi connectivity index (χ1) is 9.63. The van der Waals surface area contributed by atoms with Crippen LogP contribution in [0, 0.1) is 0 Å². The summed E-state index contributed by atoms with van der Waals surface area (Å²) in [6, 6.07) is 0. The number of carbonyl (C=O) groups is 2. The third kappa shape index (κ3) is 4.48. The summed E-state index contributed by atoms with van der Waals surface area (Å²) >= 11 is 1.33. The lowest BCUT2D eigenvalue weighted by Crippen LogP contribution is -2.31. The third-order valence-corrected chi connectivity index (χ3v) is 3.56. The molecule has 20 heavy (non-hydrogen) atoms. The molecule has 0 unspecified atom stereocenters. The normalized spacial score (nSPS) is 10.2. The number of nitrogens with zero attached hydrogens (tertiary/aromatic N) is 2. The molecule has 0 aliphatic carbocycles. The minimum atomic E-state index is -0.439. The molecule has 0 spiro atoms. The van der Waals surface area contributed by atoms with E-state index in [1.807, 2.05) is 13.8 Å². The fourth-order valence-corrected chi connectivity index (χ4v) is 2.43. The Balaban J connectivity index is 2.49. The number of thiazole rings is 1. The van der Waals surface area contributed by atoms with Gasteiger partial charge in [-0.15, -0.1) is 11.3 Å². The van der Waals surface area contributed by atoms with Gasteiger partial charge in [0.15, 0.2) is 5.69 Å². The Kier molecular flexibility index (Phi) is 7.00. The molecule has 7 heteroatoms. The lowest BCUT2D eigenvalue weighted by atomic mass is 10.3. The van der Waals surface area contributed by atoms with Crippen molar-refractivity contribution in [2.75, 3.05) is 31.6 Å². The lowest BCUT2D eigenvalue weighted by Gasteiger charge is -2.18. The highest BCUT2D eigenvalue weighted by Crippen LogP contribution is 2.20. The highest BCUT2D eigenvalue weighted by Gasteiger charge is 2.16. The molecule has 1 aromatic rings. The second-order valence-corrected chi connectivity index (χ2v) is 4.85. The van der Waals surface area contributed by atoms with E-state index in [-0.39, 0.29) is 11.6 Å². The van der Waals surface area contributed by atoms with E-state index in [0.29, 0.717) is 37.7 Å². The zero-order valence-corrected chi connectivity index (χ0v) is 13.0. The SMILES string of the molecule is CCOC(=O)c1ncsc1NCCC(=O)N(CC)CC. The van der Waals surface area contributed by atoms with Crippen molar-refractivity contribution in [2.45, 2.75) is 27.2 Å². The van der Waals surface area contributed by atoms with Crippen LogP contribution in [0.25, 0.3) is 0 Å². The number of rotatable bonds is 8. The quantitative estimate of drug-likeness (QED) is 0.743. The molecule has 0 aliphatic rings. The molecule has 6 nitrogen and oxygen atoms in total. The van der Waals surface area contributed by atoms with Crippen LogP contribution >= 0.6 is 11.3 Å². The molecule has 1 heterocycles. The Morgan fingerprint density at radius 3 is 2.65 bits per heavy atom. The summed E-state index contributed by atoms with van der Waals surface area (Å²) in [6.45, 7) is 7.88. The summed E-state index contributed by atoms with van der Waals surface area (Å²) in [5.74, 6) is -0.337. The average Bonchev–Trinajstić information content (AvgIpc) is 2.89. The second kappa shape index (κ2) is 8.52. The molecule has 1 amide bonds. The van der Waals surface area contributed by atoms with Crippen molar-refractivity contribution in [2.24, 2.45) is 0 Å². The molecule has 0 saturated heterocycles. The molecule has 0 aliphatic heterocycles. The molecular formula is C13H21N3O3S. The number of amides is 1.